The zero-order chi connectivity index (χ0) is 13.9. The predicted octanol–water partition coefficient (Wildman–Crippen LogP) is 3.15. The minimum atomic E-state index is 0.0857. The quantitative estimate of drug-likeness (QED) is 0.801. The molecule has 1 aliphatic heterocycles. The third-order valence-corrected chi connectivity index (χ3v) is 4.75. The lowest BCUT2D eigenvalue weighted by Gasteiger charge is -2.35. The molecular formula is C16H30N2O. The number of hydrogen-bond donors (Lipinski definition) is 1. The van der Waals surface area contributed by atoms with Crippen molar-refractivity contribution in [2.24, 2.45) is 11.3 Å². The predicted molar refractivity (Wildman–Crippen MR) is 78.8 cm³/mol. The van der Waals surface area contributed by atoms with Crippen molar-refractivity contribution in [2.45, 2.75) is 71.8 Å². The molecule has 0 spiro atoms. The summed E-state index contributed by atoms with van der Waals surface area (Å²) >= 11 is 0. The molecule has 1 saturated heterocycles. The Kier molecular flexibility index (Phi) is 4.88. The van der Waals surface area contributed by atoms with E-state index in [1.54, 1.807) is 0 Å². The molecule has 1 amide bonds. The largest absolute Gasteiger partial charge is 0.328 e. The summed E-state index contributed by atoms with van der Waals surface area (Å²) in [7, 11) is 0. The lowest BCUT2D eigenvalue weighted by Crippen LogP contribution is -2.39. The maximum atomic E-state index is 12.4. The van der Waals surface area contributed by atoms with Crippen molar-refractivity contribution in [3.05, 3.63) is 0 Å². The number of nitrogens with zero attached hydrogens (tertiary/aromatic N) is 1. The fourth-order valence-corrected chi connectivity index (χ4v) is 4.08. The Morgan fingerprint density at radius 3 is 2.63 bits per heavy atom. The number of carbonyl (C=O) groups is 1. The number of carbonyl (C=O) groups excluding carboxylic acids is 1. The Labute approximate surface area is 118 Å². The number of hydrogen-bond acceptors (Lipinski definition) is 2. The summed E-state index contributed by atoms with van der Waals surface area (Å²) in [6.45, 7) is 8.52. The van der Waals surface area contributed by atoms with Crippen LogP contribution in [0, 0.1) is 11.3 Å². The van der Waals surface area contributed by atoms with Crippen molar-refractivity contribution in [2.75, 3.05) is 13.2 Å². The normalized spacial score (nSPS) is 26.6. The Morgan fingerprint density at radius 1 is 1.37 bits per heavy atom. The zero-order valence-electron chi connectivity index (χ0n) is 12.9. The molecule has 1 aliphatic carbocycles. The van der Waals surface area contributed by atoms with Gasteiger partial charge in [-0.15, -0.1) is 0 Å². The zero-order valence-corrected chi connectivity index (χ0v) is 12.9. The molecule has 1 N–H and O–H groups in total. The van der Waals surface area contributed by atoms with Crippen molar-refractivity contribution < 1.29 is 4.79 Å². The van der Waals surface area contributed by atoms with Crippen LogP contribution in [0.5, 0.6) is 0 Å². The van der Waals surface area contributed by atoms with Crippen molar-refractivity contribution in [3.63, 3.8) is 0 Å². The molecule has 0 radical (unpaired) electrons. The van der Waals surface area contributed by atoms with Crippen molar-refractivity contribution in [3.8, 4) is 0 Å². The number of nitrogens with one attached hydrogen (secondary N) is 1. The summed E-state index contributed by atoms with van der Waals surface area (Å²) in [5.41, 5.74) is 0.409. The topological polar surface area (TPSA) is 32.3 Å². The van der Waals surface area contributed by atoms with Gasteiger partial charge in [-0.1, -0.05) is 40.0 Å². The second-order valence-corrected chi connectivity index (χ2v) is 7.04. The second kappa shape index (κ2) is 6.25. The van der Waals surface area contributed by atoms with Crippen LogP contribution in [0.2, 0.25) is 0 Å². The molecule has 3 heteroatoms. The van der Waals surface area contributed by atoms with Crippen LogP contribution in [0.1, 0.15) is 65.7 Å². The van der Waals surface area contributed by atoms with Crippen molar-refractivity contribution >= 4 is 5.91 Å². The van der Waals surface area contributed by atoms with Crippen molar-refractivity contribution in [1.29, 1.82) is 0 Å². The summed E-state index contributed by atoms with van der Waals surface area (Å²) in [4.78, 5) is 14.5. The molecule has 0 aromatic heterocycles. The van der Waals surface area contributed by atoms with Crippen LogP contribution in [0.15, 0.2) is 0 Å². The first kappa shape index (κ1) is 14.8. The average Bonchev–Trinajstić information content (AvgIpc) is 2.91. The smallest absolute Gasteiger partial charge is 0.240 e. The van der Waals surface area contributed by atoms with Gasteiger partial charge in [-0.3, -0.25) is 10.1 Å². The molecule has 3 nitrogen and oxygen atoms in total. The van der Waals surface area contributed by atoms with Crippen LogP contribution < -0.4 is 5.32 Å². The van der Waals surface area contributed by atoms with E-state index in [-0.39, 0.29) is 6.04 Å². The molecule has 2 fully saturated rings. The first-order valence-electron chi connectivity index (χ1n) is 8.08. The molecule has 1 unspecified atom stereocenters. The first-order chi connectivity index (χ1) is 9.06. The lowest BCUT2D eigenvalue weighted by atomic mass is 9.78. The molecule has 110 valence electrons. The van der Waals surface area contributed by atoms with Gasteiger partial charge in [-0.25, -0.2) is 0 Å². The Bertz CT molecular complexity index is 308. The van der Waals surface area contributed by atoms with Gasteiger partial charge in [0.15, 0.2) is 0 Å². The van der Waals surface area contributed by atoms with E-state index in [9.17, 15) is 4.79 Å². The highest BCUT2D eigenvalue weighted by atomic mass is 16.2. The monoisotopic (exact) mass is 266 g/mol. The first-order valence-corrected chi connectivity index (χ1v) is 8.08. The summed E-state index contributed by atoms with van der Waals surface area (Å²) in [5.74, 6) is 1.08. The molecule has 2 aliphatic rings. The maximum Gasteiger partial charge on any atom is 0.240 e. The minimum Gasteiger partial charge on any atom is -0.328 e. The van der Waals surface area contributed by atoms with E-state index in [1.807, 2.05) is 0 Å². The van der Waals surface area contributed by atoms with Crippen LogP contribution in [0.25, 0.3) is 0 Å². The van der Waals surface area contributed by atoms with E-state index >= 15 is 0 Å². The molecule has 1 heterocycles. The molecule has 0 bridgehead atoms. The lowest BCUT2D eigenvalue weighted by molar-refractivity contribution is -0.130. The number of amides is 1. The third-order valence-electron chi connectivity index (χ3n) is 4.75. The number of rotatable bonds is 6. The summed E-state index contributed by atoms with van der Waals surface area (Å²) in [6.07, 6.45) is 8.65. The van der Waals surface area contributed by atoms with Gasteiger partial charge in [0.05, 0.1) is 12.7 Å². The molecular weight excluding hydrogens is 236 g/mol. The van der Waals surface area contributed by atoms with Crippen LogP contribution in [-0.4, -0.2) is 30.1 Å². The molecule has 1 saturated carbocycles. The Morgan fingerprint density at radius 2 is 2.05 bits per heavy atom. The maximum absolute atomic E-state index is 12.4. The van der Waals surface area contributed by atoms with E-state index in [4.69, 9.17) is 0 Å². The minimum absolute atomic E-state index is 0.0857. The van der Waals surface area contributed by atoms with Gasteiger partial charge in [-0.05, 0) is 37.0 Å². The van der Waals surface area contributed by atoms with E-state index < -0.39 is 0 Å². The van der Waals surface area contributed by atoms with Gasteiger partial charge in [0.25, 0.3) is 0 Å². The van der Waals surface area contributed by atoms with Gasteiger partial charge in [-0.2, -0.15) is 0 Å². The van der Waals surface area contributed by atoms with Gasteiger partial charge in [0.1, 0.15) is 0 Å². The highest BCUT2D eigenvalue weighted by Crippen LogP contribution is 2.44. The van der Waals surface area contributed by atoms with Gasteiger partial charge >= 0.3 is 0 Å². The van der Waals surface area contributed by atoms with E-state index in [0.29, 0.717) is 11.3 Å². The molecule has 2 rings (SSSR count). The van der Waals surface area contributed by atoms with Crippen molar-refractivity contribution in [1.82, 2.24) is 10.2 Å². The fraction of sp³-hybridized carbons (Fsp3) is 0.938. The molecule has 19 heavy (non-hydrogen) atoms. The molecule has 1 atom stereocenters. The SMILES string of the molecule is CCCC1NCN(CC2(CC(C)C)CCCC2)C1=O. The highest BCUT2D eigenvalue weighted by molar-refractivity contribution is 5.83. The van der Waals surface area contributed by atoms with Gasteiger partial charge in [0.2, 0.25) is 5.91 Å². The van der Waals surface area contributed by atoms with Gasteiger partial charge < -0.3 is 4.90 Å². The summed E-state index contributed by atoms with van der Waals surface area (Å²) in [6, 6.07) is 0.0857. The van der Waals surface area contributed by atoms with Crippen LogP contribution >= 0.6 is 0 Å². The average molecular weight is 266 g/mol. The summed E-state index contributed by atoms with van der Waals surface area (Å²) in [5, 5.41) is 3.38. The van der Waals surface area contributed by atoms with E-state index in [0.717, 1.165) is 32.0 Å². The van der Waals surface area contributed by atoms with E-state index in [2.05, 4.69) is 31.0 Å². The molecule has 0 aromatic carbocycles. The Balaban J connectivity index is 1.97. The summed E-state index contributed by atoms with van der Waals surface area (Å²) < 4.78 is 0. The molecule has 0 aromatic rings. The standard InChI is InChI=1S/C16H30N2O/c1-4-7-14-15(19)18(12-17-14)11-16(10-13(2)3)8-5-6-9-16/h13-14,17H,4-12H2,1-3H3. The Hall–Kier alpha value is -0.570. The van der Waals surface area contributed by atoms with Gasteiger partial charge in [0, 0.05) is 6.54 Å². The second-order valence-electron chi connectivity index (χ2n) is 7.04. The van der Waals surface area contributed by atoms with Crippen LogP contribution in [-0.2, 0) is 4.79 Å². The third kappa shape index (κ3) is 3.50. The van der Waals surface area contributed by atoms with Crippen LogP contribution in [0.4, 0.5) is 0 Å². The van der Waals surface area contributed by atoms with Crippen LogP contribution in [0.3, 0.4) is 0 Å². The fourth-order valence-electron chi connectivity index (χ4n) is 4.08. The van der Waals surface area contributed by atoms with E-state index in [1.165, 1.54) is 32.1 Å². The highest BCUT2D eigenvalue weighted by Gasteiger charge is 2.40.